The fourth-order valence-electron chi connectivity index (χ4n) is 3.86. The molecule has 0 bridgehead atoms. The molecule has 0 radical (unpaired) electrons. The van der Waals surface area contributed by atoms with E-state index in [0.717, 1.165) is 19.1 Å². The zero-order chi connectivity index (χ0) is 12.8. The van der Waals surface area contributed by atoms with E-state index in [0.29, 0.717) is 6.04 Å². The van der Waals surface area contributed by atoms with Crippen molar-refractivity contribution in [3.05, 3.63) is 0 Å². The van der Waals surface area contributed by atoms with Crippen LogP contribution in [0.25, 0.3) is 0 Å². The van der Waals surface area contributed by atoms with Crippen LogP contribution < -0.4 is 5.32 Å². The van der Waals surface area contributed by atoms with Gasteiger partial charge < -0.3 is 10.1 Å². The van der Waals surface area contributed by atoms with Gasteiger partial charge in [0.15, 0.2) is 0 Å². The first kappa shape index (κ1) is 14.3. The minimum absolute atomic E-state index is 0.178. The van der Waals surface area contributed by atoms with Crippen molar-refractivity contribution < 1.29 is 4.74 Å². The van der Waals surface area contributed by atoms with Gasteiger partial charge in [-0.25, -0.2) is 0 Å². The molecular formula is C16H31NO. The summed E-state index contributed by atoms with van der Waals surface area (Å²) < 4.78 is 6.33. The lowest BCUT2D eigenvalue weighted by Crippen LogP contribution is -2.57. The van der Waals surface area contributed by atoms with Crippen LogP contribution in [0.5, 0.6) is 0 Å². The summed E-state index contributed by atoms with van der Waals surface area (Å²) in [5, 5.41) is 3.75. The summed E-state index contributed by atoms with van der Waals surface area (Å²) in [4.78, 5) is 0. The highest BCUT2D eigenvalue weighted by Gasteiger charge is 2.42. The van der Waals surface area contributed by atoms with Crippen molar-refractivity contribution in [2.45, 2.75) is 83.3 Å². The minimum atomic E-state index is 0.178. The van der Waals surface area contributed by atoms with E-state index in [4.69, 9.17) is 4.74 Å². The van der Waals surface area contributed by atoms with Gasteiger partial charge in [-0.05, 0) is 31.6 Å². The van der Waals surface area contributed by atoms with Crippen molar-refractivity contribution in [3.8, 4) is 0 Å². The van der Waals surface area contributed by atoms with Crippen molar-refractivity contribution >= 4 is 0 Å². The molecule has 2 nitrogen and oxygen atoms in total. The average Bonchev–Trinajstić information content (AvgIpc) is 2.61. The summed E-state index contributed by atoms with van der Waals surface area (Å²) in [6.45, 7) is 6.60. The molecule has 3 atom stereocenters. The third kappa shape index (κ3) is 3.27. The van der Waals surface area contributed by atoms with Crippen LogP contribution in [0.3, 0.4) is 0 Å². The molecule has 1 saturated carbocycles. The molecule has 0 aromatic carbocycles. The zero-order valence-electron chi connectivity index (χ0n) is 12.3. The summed E-state index contributed by atoms with van der Waals surface area (Å²) in [6.07, 6.45) is 12.0. The molecule has 0 amide bonds. The fraction of sp³-hybridized carbons (Fsp3) is 1.00. The first-order chi connectivity index (χ1) is 8.80. The SMILES string of the molecule is CCCCC1NCCOC12CCCC(CC)CC2. The molecule has 1 aliphatic carbocycles. The molecule has 1 aliphatic heterocycles. The Labute approximate surface area is 113 Å². The number of ether oxygens (including phenoxy) is 1. The lowest BCUT2D eigenvalue weighted by molar-refractivity contribution is -0.108. The smallest absolute Gasteiger partial charge is 0.0835 e. The fourth-order valence-corrected chi connectivity index (χ4v) is 3.86. The van der Waals surface area contributed by atoms with E-state index in [9.17, 15) is 0 Å². The summed E-state index contributed by atoms with van der Waals surface area (Å²) in [5.74, 6) is 0.946. The molecule has 18 heavy (non-hydrogen) atoms. The Morgan fingerprint density at radius 2 is 2.11 bits per heavy atom. The first-order valence-corrected chi connectivity index (χ1v) is 8.18. The van der Waals surface area contributed by atoms with Crippen LogP contribution in [0.2, 0.25) is 0 Å². The lowest BCUT2D eigenvalue weighted by Gasteiger charge is -2.44. The van der Waals surface area contributed by atoms with Gasteiger partial charge in [0.05, 0.1) is 12.2 Å². The number of rotatable bonds is 4. The minimum Gasteiger partial charge on any atom is -0.372 e. The molecule has 1 N–H and O–H groups in total. The number of hydrogen-bond donors (Lipinski definition) is 1. The standard InChI is InChI=1S/C16H31NO/c1-3-5-8-15-16(18-13-12-17-15)10-6-7-14(4-2)9-11-16/h14-15,17H,3-13H2,1-2H3. The van der Waals surface area contributed by atoms with E-state index in [1.54, 1.807) is 0 Å². The second-order valence-electron chi connectivity index (χ2n) is 6.27. The van der Waals surface area contributed by atoms with Crippen molar-refractivity contribution in [3.63, 3.8) is 0 Å². The van der Waals surface area contributed by atoms with Gasteiger partial charge in [-0.2, -0.15) is 0 Å². The van der Waals surface area contributed by atoms with E-state index in [-0.39, 0.29) is 5.60 Å². The quantitative estimate of drug-likeness (QED) is 0.820. The Morgan fingerprint density at radius 3 is 2.89 bits per heavy atom. The van der Waals surface area contributed by atoms with Crippen LogP contribution in [0.15, 0.2) is 0 Å². The Kier molecular flexibility index (Phi) is 5.50. The number of hydrogen-bond acceptors (Lipinski definition) is 2. The molecule has 0 aromatic rings. The molecule has 1 heterocycles. The van der Waals surface area contributed by atoms with Gasteiger partial charge in [-0.15, -0.1) is 0 Å². The molecule has 1 spiro atoms. The molecule has 1 saturated heterocycles. The molecule has 2 heteroatoms. The third-order valence-electron chi connectivity index (χ3n) is 5.13. The highest BCUT2D eigenvalue weighted by molar-refractivity contribution is 4.97. The Morgan fingerprint density at radius 1 is 1.22 bits per heavy atom. The van der Waals surface area contributed by atoms with Crippen LogP contribution in [0.4, 0.5) is 0 Å². The molecular weight excluding hydrogens is 222 g/mol. The van der Waals surface area contributed by atoms with Crippen LogP contribution in [-0.4, -0.2) is 24.8 Å². The molecule has 2 aliphatic rings. The molecule has 3 unspecified atom stereocenters. The number of morpholine rings is 1. The van der Waals surface area contributed by atoms with Gasteiger partial charge in [-0.1, -0.05) is 46.0 Å². The maximum absolute atomic E-state index is 6.33. The topological polar surface area (TPSA) is 21.3 Å². The molecule has 106 valence electrons. The second kappa shape index (κ2) is 6.91. The van der Waals surface area contributed by atoms with E-state index in [1.807, 2.05) is 0 Å². The van der Waals surface area contributed by atoms with Gasteiger partial charge in [-0.3, -0.25) is 0 Å². The predicted molar refractivity (Wildman–Crippen MR) is 76.9 cm³/mol. The summed E-state index contributed by atoms with van der Waals surface area (Å²) in [5.41, 5.74) is 0.178. The maximum Gasteiger partial charge on any atom is 0.0835 e. The highest BCUT2D eigenvalue weighted by atomic mass is 16.5. The summed E-state index contributed by atoms with van der Waals surface area (Å²) in [7, 11) is 0. The van der Waals surface area contributed by atoms with Crippen molar-refractivity contribution in [1.82, 2.24) is 5.32 Å². The largest absolute Gasteiger partial charge is 0.372 e. The van der Waals surface area contributed by atoms with Crippen LogP contribution in [0.1, 0.15) is 71.6 Å². The monoisotopic (exact) mass is 253 g/mol. The molecule has 0 aromatic heterocycles. The lowest BCUT2D eigenvalue weighted by atomic mass is 9.82. The van der Waals surface area contributed by atoms with Gasteiger partial charge >= 0.3 is 0 Å². The second-order valence-corrected chi connectivity index (χ2v) is 6.27. The number of nitrogens with one attached hydrogen (secondary N) is 1. The zero-order valence-corrected chi connectivity index (χ0v) is 12.3. The van der Waals surface area contributed by atoms with Crippen LogP contribution in [0, 0.1) is 5.92 Å². The first-order valence-electron chi connectivity index (χ1n) is 8.18. The van der Waals surface area contributed by atoms with E-state index in [1.165, 1.54) is 57.8 Å². The Bertz CT molecular complexity index is 243. The van der Waals surface area contributed by atoms with Crippen molar-refractivity contribution in [1.29, 1.82) is 0 Å². The third-order valence-corrected chi connectivity index (χ3v) is 5.13. The van der Waals surface area contributed by atoms with E-state index in [2.05, 4.69) is 19.2 Å². The number of unbranched alkanes of at least 4 members (excludes halogenated alkanes) is 1. The normalized spacial score (nSPS) is 37.7. The molecule has 2 fully saturated rings. The van der Waals surface area contributed by atoms with Gasteiger partial charge in [0.25, 0.3) is 0 Å². The maximum atomic E-state index is 6.33. The summed E-state index contributed by atoms with van der Waals surface area (Å²) >= 11 is 0. The highest BCUT2D eigenvalue weighted by Crippen LogP contribution is 2.39. The Balaban J connectivity index is 2.00. The van der Waals surface area contributed by atoms with Crippen molar-refractivity contribution in [2.75, 3.05) is 13.2 Å². The molecule has 2 rings (SSSR count). The van der Waals surface area contributed by atoms with Gasteiger partial charge in [0.2, 0.25) is 0 Å². The van der Waals surface area contributed by atoms with Crippen LogP contribution in [-0.2, 0) is 4.74 Å². The Hall–Kier alpha value is -0.0800. The summed E-state index contributed by atoms with van der Waals surface area (Å²) in [6, 6.07) is 0.613. The van der Waals surface area contributed by atoms with Crippen LogP contribution >= 0.6 is 0 Å². The van der Waals surface area contributed by atoms with Crippen molar-refractivity contribution in [2.24, 2.45) is 5.92 Å². The van der Waals surface area contributed by atoms with Gasteiger partial charge in [0.1, 0.15) is 0 Å². The average molecular weight is 253 g/mol. The van der Waals surface area contributed by atoms with E-state index < -0.39 is 0 Å². The van der Waals surface area contributed by atoms with Gasteiger partial charge in [0, 0.05) is 12.6 Å². The van der Waals surface area contributed by atoms with E-state index >= 15 is 0 Å². The predicted octanol–water partition coefficient (Wildman–Crippen LogP) is 3.89.